The maximum atomic E-state index is 5.79. The minimum atomic E-state index is 0.290. The summed E-state index contributed by atoms with van der Waals surface area (Å²) in [6.45, 7) is 10.7. The minimum absolute atomic E-state index is 0.290. The number of nitrogens with two attached hydrogens (primary N) is 1. The summed E-state index contributed by atoms with van der Waals surface area (Å²) in [4.78, 5) is 8.72. The number of hydrogen-bond donors (Lipinski definition) is 2. The van der Waals surface area contributed by atoms with Crippen LogP contribution in [0.3, 0.4) is 0 Å². The Labute approximate surface area is 104 Å². The molecule has 1 aromatic heterocycles. The molecular weight excluding hydrogens is 212 g/mol. The molecule has 1 rings (SSSR count). The van der Waals surface area contributed by atoms with Crippen LogP contribution in [0.5, 0.6) is 0 Å². The summed E-state index contributed by atoms with van der Waals surface area (Å²) < 4.78 is 0. The quantitative estimate of drug-likeness (QED) is 0.824. The van der Waals surface area contributed by atoms with E-state index >= 15 is 0 Å². The fourth-order valence-electron chi connectivity index (χ4n) is 1.55. The van der Waals surface area contributed by atoms with Crippen molar-refractivity contribution < 1.29 is 0 Å². The Morgan fingerprint density at radius 1 is 1.24 bits per heavy atom. The second-order valence-electron chi connectivity index (χ2n) is 5.01. The summed E-state index contributed by atoms with van der Waals surface area (Å²) in [5.74, 6) is 3.05. The molecule has 0 saturated carbocycles. The van der Waals surface area contributed by atoms with Crippen LogP contribution in [0.2, 0.25) is 0 Å². The van der Waals surface area contributed by atoms with Gasteiger partial charge >= 0.3 is 0 Å². The number of nitrogens with one attached hydrogen (secondary N) is 1. The SMILES string of the molecule is CCC(C)C(C)Nc1cc(N)nc(C(C)C)n1. The Morgan fingerprint density at radius 3 is 2.41 bits per heavy atom. The zero-order valence-electron chi connectivity index (χ0n) is 11.5. The molecule has 0 aliphatic carbocycles. The van der Waals surface area contributed by atoms with Crippen LogP contribution in [-0.4, -0.2) is 16.0 Å². The van der Waals surface area contributed by atoms with Crippen molar-refractivity contribution in [2.75, 3.05) is 11.1 Å². The lowest BCUT2D eigenvalue weighted by Crippen LogP contribution is -2.24. The highest BCUT2D eigenvalue weighted by Crippen LogP contribution is 2.18. The zero-order chi connectivity index (χ0) is 13.0. The molecule has 1 heterocycles. The largest absolute Gasteiger partial charge is 0.384 e. The molecule has 0 aliphatic heterocycles. The van der Waals surface area contributed by atoms with Crippen LogP contribution in [0.25, 0.3) is 0 Å². The maximum Gasteiger partial charge on any atom is 0.135 e. The van der Waals surface area contributed by atoms with Crippen molar-refractivity contribution in [2.24, 2.45) is 5.92 Å². The fourth-order valence-corrected chi connectivity index (χ4v) is 1.55. The van der Waals surface area contributed by atoms with Gasteiger partial charge in [-0.25, -0.2) is 9.97 Å². The van der Waals surface area contributed by atoms with Crippen LogP contribution in [0, 0.1) is 5.92 Å². The Balaban J connectivity index is 2.84. The van der Waals surface area contributed by atoms with E-state index in [0.717, 1.165) is 18.1 Å². The zero-order valence-corrected chi connectivity index (χ0v) is 11.5. The molecule has 17 heavy (non-hydrogen) atoms. The van der Waals surface area contributed by atoms with Gasteiger partial charge in [-0.2, -0.15) is 0 Å². The topological polar surface area (TPSA) is 63.8 Å². The number of hydrogen-bond acceptors (Lipinski definition) is 4. The van der Waals surface area contributed by atoms with Crippen LogP contribution in [0.1, 0.15) is 52.8 Å². The van der Waals surface area contributed by atoms with Gasteiger partial charge in [0.15, 0.2) is 0 Å². The summed E-state index contributed by atoms with van der Waals surface area (Å²) in [6.07, 6.45) is 1.14. The van der Waals surface area contributed by atoms with Gasteiger partial charge in [0.25, 0.3) is 0 Å². The van der Waals surface area contributed by atoms with E-state index in [4.69, 9.17) is 5.73 Å². The second kappa shape index (κ2) is 5.84. The van der Waals surface area contributed by atoms with Crippen molar-refractivity contribution in [1.82, 2.24) is 9.97 Å². The summed E-state index contributed by atoms with van der Waals surface area (Å²) in [6, 6.07) is 2.18. The van der Waals surface area contributed by atoms with Gasteiger partial charge in [0.05, 0.1) is 0 Å². The molecule has 2 atom stereocenters. The third-order valence-corrected chi connectivity index (χ3v) is 3.15. The van der Waals surface area contributed by atoms with Gasteiger partial charge in [-0.3, -0.25) is 0 Å². The predicted octanol–water partition coefficient (Wildman–Crippen LogP) is 3.03. The maximum absolute atomic E-state index is 5.79. The van der Waals surface area contributed by atoms with Crippen LogP contribution in [0.4, 0.5) is 11.6 Å². The number of rotatable bonds is 5. The van der Waals surface area contributed by atoms with Gasteiger partial charge in [-0.1, -0.05) is 34.1 Å². The first kappa shape index (κ1) is 13.7. The van der Waals surface area contributed by atoms with E-state index in [1.807, 2.05) is 0 Å². The third kappa shape index (κ3) is 3.88. The standard InChI is InChI=1S/C13H24N4/c1-6-9(4)10(5)15-12-7-11(14)16-13(17-12)8(2)3/h7-10H,6H2,1-5H3,(H3,14,15,16,17). The summed E-state index contributed by atoms with van der Waals surface area (Å²) in [5.41, 5.74) is 5.79. The number of aromatic nitrogens is 2. The van der Waals surface area contributed by atoms with Crippen LogP contribution < -0.4 is 11.1 Å². The van der Waals surface area contributed by atoms with Crippen molar-refractivity contribution in [3.8, 4) is 0 Å². The van der Waals surface area contributed by atoms with Crippen LogP contribution >= 0.6 is 0 Å². The van der Waals surface area contributed by atoms with Gasteiger partial charge in [0.1, 0.15) is 17.5 Å². The van der Waals surface area contributed by atoms with Crippen molar-refractivity contribution in [1.29, 1.82) is 0 Å². The van der Waals surface area contributed by atoms with Crippen molar-refractivity contribution in [3.63, 3.8) is 0 Å². The first-order valence-corrected chi connectivity index (χ1v) is 6.35. The van der Waals surface area contributed by atoms with Crippen molar-refractivity contribution >= 4 is 11.6 Å². The fraction of sp³-hybridized carbons (Fsp3) is 0.692. The van der Waals surface area contributed by atoms with Crippen molar-refractivity contribution in [3.05, 3.63) is 11.9 Å². The molecule has 0 bridgehead atoms. The lowest BCUT2D eigenvalue weighted by Gasteiger charge is -2.21. The van der Waals surface area contributed by atoms with Crippen LogP contribution in [0.15, 0.2) is 6.07 Å². The smallest absolute Gasteiger partial charge is 0.135 e. The average molecular weight is 236 g/mol. The summed E-state index contributed by atoms with van der Waals surface area (Å²) in [5, 5.41) is 3.40. The van der Waals surface area contributed by atoms with E-state index in [0.29, 0.717) is 17.8 Å². The van der Waals surface area contributed by atoms with E-state index < -0.39 is 0 Å². The molecule has 0 aromatic carbocycles. The van der Waals surface area contributed by atoms with Gasteiger partial charge in [-0.05, 0) is 12.8 Å². The molecule has 4 nitrogen and oxygen atoms in total. The van der Waals surface area contributed by atoms with E-state index in [9.17, 15) is 0 Å². The second-order valence-corrected chi connectivity index (χ2v) is 5.01. The molecule has 0 aliphatic rings. The average Bonchev–Trinajstić information content (AvgIpc) is 2.26. The van der Waals surface area contributed by atoms with Gasteiger partial charge in [0.2, 0.25) is 0 Å². The highest BCUT2D eigenvalue weighted by atomic mass is 15.1. The number of anilines is 2. The van der Waals surface area contributed by atoms with Gasteiger partial charge < -0.3 is 11.1 Å². The molecule has 1 aromatic rings. The molecule has 2 unspecified atom stereocenters. The molecule has 0 radical (unpaired) electrons. The molecule has 0 amide bonds. The monoisotopic (exact) mass is 236 g/mol. The van der Waals surface area contributed by atoms with Crippen LogP contribution in [-0.2, 0) is 0 Å². The Kier molecular flexibility index (Phi) is 4.73. The first-order chi connectivity index (χ1) is 7.93. The highest BCUT2D eigenvalue weighted by Gasteiger charge is 2.12. The molecular formula is C13H24N4. The molecule has 0 saturated heterocycles. The van der Waals surface area contributed by atoms with E-state index in [-0.39, 0.29) is 5.92 Å². The van der Waals surface area contributed by atoms with Gasteiger partial charge in [0, 0.05) is 18.0 Å². The lowest BCUT2D eigenvalue weighted by molar-refractivity contribution is 0.493. The highest BCUT2D eigenvalue weighted by molar-refractivity contribution is 5.45. The molecule has 3 N–H and O–H groups in total. The van der Waals surface area contributed by atoms with Crippen molar-refractivity contribution in [2.45, 2.75) is 53.0 Å². The summed E-state index contributed by atoms with van der Waals surface area (Å²) >= 11 is 0. The number of nitrogen functional groups attached to an aromatic ring is 1. The molecule has 0 spiro atoms. The van der Waals surface area contributed by atoms with Gasteiger partial charge in [-0.15, -0.1) is 0 Å². The number of nitrogens with zero attached hydrogens (tertiary/aromatic N) is 2. The molecule has 96 valence electrons. The summed E-state index contributed by atoms with van der Waals surface area (Å²) in [7, 11) is 0. The normalized spacial score (nSPS) is 14.7. The van der Waals surface area contributed by atoms with E-state index in [1.165, 1.54) is 0 Å². The minimum Gasteiger partial charge on any atom is -0.384 e. The van der Waals surface area contributed by atoms with E-state index in [1.54, 1.807) is 6.07 Å². The predicted molar refractivity (Wildman–Crippen MR) is 73.1 cm³/mol. The third-order valence-electron chi connectivity index (χ3n) is 3.15. The lowest BCUT2D eigenvalue weighted by atomic mass is 10.0. The first-order valence-electron chi connectivity index (χ1n) is 6.35. The Bertz CT molecular complexity index is 362. The molecule has 0 fully saturated rings. The molecule has 4 heteroatoms. The van der Waals surface area contributed by atoms with E-state index in [2.05, 4.69) is 49.9 Å². The Hall–Kier alpha value is -1.32. The Morgan fingerprint density at radius 2 is 1.88 bits per heavy atom.